The molecule has 2 aromatic rings. The van der Waals surface area contributed by atoms with Crippen molar-refractivity contribution in [3.8, 4) is 0 Å². The van der Waals surface area contributed by atoms with E-state index in [0.717, 1.165) is 24.7 Å². The molecule has 0 amide bonds. The zero-order valence-corrected chi connectivity index (χ0v) is 18.2. The first-order valence-corrected chi connectivity index (χ1v) is 10.8. The highest BCUT2D eigenvalue weighted by Crippen LogP contribution is 2.36. The van der Waals surface area contributed by atoms with Crippen LogP contribution in [0.15, 0.2) is 35.3 Å². The van der Waals surface area contributed by atoms with Crippen LogP contribution in [-0.4, -0.2) is 45.8 Å². The van der Waals surface area contributed by atoms with Crippen molar-refractivity contribution >= 4 is 5.96 Å². The molecule has 2 atom stereocenters. The van der Waals surface area contributed by atoms with E-state index in [-0.39, 0.29) is 0 Å². The third kappa shape index (κ3) is 4.32. The quantitative estimate of drug-likeness (QED) is 0.605. The molecular formula is C23H34N6. The van der Waals surface area contributed by atoms with Crippen LogP contribution in [0.5, 0.6) is 0 Å². The maximum atomic E-state index is 4.51. The van der Waals surface area contributed by atoms with E-state index in [2.05, 4.69) is 69.8 Å². The molecule has 2 aliphatic heterocycles. The molecule has 2 saturated heterocycles. The van der Waals surface area contributed by atoms with Crippen molar-refractivity contribution in [2.24, 2.45) is 12.0 Å². The van der Waals surface area contributed by atoms with Crippen LogP contribution < -0.4 is 10.6 Å². The van der Waals surface area contributed by atoms with E-state index in [1.807, 2.05) is 18.8 Å². The Bertz CT molecular complexity index is 842. The van der Waals surface area contributed by atoms with Gasteiger partial charge in [-0.1, -0.05) is 30.3 Å². The van der Waals surface area contributed by atoms with Gasteiger partial charge in [0.2, 0.25) is 0 Å². The number of benzene rings is 1. The number of aryl methyl sites for hydroxylation is 2. The van der Waals surface area contributed by atoms with Crippen molar-refractivity contribution in [2.45, 2.75) is 70.7 Å². The Morgan fingerprint density at radius 3 is 2.41 bits per heavy atom. The Morgan fingerprint density at radius 1 is 1.14 bits per heavy atom. The van der Waals surface area contributed by atoms with E-state index in [1.54, 1.807) is 0 Å². The van der Waals surface area contributed by atoms with Gasteiger partial charge in [-0.25, -0.2) is 0 Å². The highest BCUT2D eigenvalue weighted by molar-refractivity contribution is 5.80. The number of nitrogens with zero attached hydrogens (tertiary/aromatic N) is 4. The van der Waals surface area contributed by atoms with E-state index in [1.165, 1.54) is 42.5 Å². The monoisotopic (exact) mass is 394 g/mol. The molecule has 2 N–H and O–H groups in total. The van der Waals surface area contributed by atoms with Gasteiger partial charge in [-0.2, -0.15) is 5.10 Å². The van der Waals surface area contributed by atoms with Gasteiger partial charge in [0.25, 0.3) is 0 Å². The van der Waals surface area contributed by atoms with Gasteiger partial charge in [-0.05, 0) is 45.1 Å². The molecule has 1 aromatic carbocycles. The van der Waals surface area contributed by atoms with E-state index < -0.39 is 0 Å². The van der Waals surface area contributed by atoms with Gasteiger partial charge in [-0.3, -0.25) is 14.6 Å². The van der Waals surface area contributed by atoms with Gasteiger partial charge >= 0.3 is 0 Å². The zero-order valence-electron chi connectivity index (χ0n) is 18.2. The molecule has 2 fully saturated rings. The summed E-state index contributed by atoms with van der Waals surface area (Å²) in [6, 6.07) is 12.7. The summed E-state index contributed by atoms with van der Waals surface area (Å²) in [7, 11) is 3.86. The van der Waals surface area contributed by atoms with Gasteiger partial charge in [0.05, 0.1) is 5.69 Å². The van der Waals surface area contributed by atoms with E-state index in [9.17, 15) is 0 Å². The standard InChI is InChI=1S/C23H34N6/c1-16-22(17(2)28(4)27-16)14-25-23(24-3)26-19-12-20-10-11-21(13-19)29(20)15-18-8-6-5-7-9-18/h5-9,19-21H,10-15H2,1-4H3,(H2,24,25,26). The molecule has 4 rings (SSSR count). The Kier molecular flexibility index (Phi) is 5.90. The third-order valence-electron chi connectivity index (χ3n) is 6.75. The fraction of sp³-hybridized carbons (Fsp3) is 0.565. The number of nitrogens with one attached hydrogen (secondary N) is 2. The van der Waals surface area contributed by atoms with E-state index >= 15 is 0 Å². The summed E-state index contributed by atoms with van der Waals surface area (Å²) in [6.45, 7) is 6.02. The summed E-state index contributed by atoms with van der Waals surface area (Å²) in [4.78, 5) is 7.20. The molecule has 0 radical (unpaired) electrons. The van der Waals surface area contributed by atoms with Crippen molar-refractivity contribution in [3.63, 3.8) is 0 Å². The van der Waals surface area contributed by atoms with Crippen molar-refractivity contribution in [2.75, 3.05) is 7.05 Å². The summed E-state index contributed by atoms with van der Waals surface area (Å²) in [5.41, 5.74) is 4.97. The van der Waals surface area contributed by atoms with Crippen molar-refractivity contribution in [3.05, 3.63) is 52.8 Å². The van der Waals surface area contributed by atoms with Crippen molar-refractivity contribution < 1.29 is 0 Å². The normalized spacial score (nSPS) is 24.7. The zero-order chi connectivity index (χ0) is 20.4. The number of hydrogen-bond acceptors (Lipinski definition) is 3. The summed E-state index contributed by atoms with van der Waals surface area (Å²) in [5, 5.41) is 11.7. The molecule has 2 bridgehead atoms. The summed E-state index contributed by atoms with van der Waals surface area (Å²) >= 11 is 0. The van der Waals surface area contributed by atoms with Gasteiger partial charge in [0.15, 0.2) is 5.96 Å². The number of rotatable bonds is 5. The lowest BCUT2D eigenvalue weighted by Gasteiger charge is -2.39. The lowest BCUT2D eigenvalue weighted by molar-refractivity contribution is 0.114. The minimum Gasteiger partial charge on any atom is -0.354 e. The first-order chi connectivity index (χ1) is 14.0. The first kappa shape index (κ1) is 20.0. The molecule has 3 heterocycles. The fourth-order valence-corrected chi connectivity index (χ4v) is 5.08. The van der Waals surface area contributed by atoms with Crippen LogP contribution in [0.2, 0.25) is 0 Å². The molecule has 0 saturated carbocycles. The van der Waals surface area contributed by atoms with Crippen LogP contribution in [0.4, 0.5) is 0 Å². The summed E-state index contributed by atoms with van der Waals surface area (Å²) in [5.74, 6) is 0.897. The second kappa shape index (κ2) is 8.57. The number of guanidine groups is 1. The summed E-state index contributed by atoms with van der Waals surface area (Å²) in [6.07, 6.45) is 5.01. The van der Waals surface area contributed by atoms with Gasteiger partial charge in [0, 0.05) is 56.6 Å². The van der Waals surface area contributed by atoms with Crippen LogP contribution in [0, 0.1) is 13.8 Å². The lowest BCUT2D eigenvalue weighted by atomic mass is 9.96. The molecule has 6 nitrogen and oxygen atoms in total. The topological polar surface area (TPSA) is 57.5 Å². The minimum atomic E-state index is 0.488. The number of aliphatic imine (C=N–C) groups is 1. The van der Waals surface area contributed by atoms with E-state index in [0.29, 0.717) is 18.1 Å². The number of piperidine rings is 1. The smallest absolute Gasteiger partial charge is 0.191 e. The Morgan fingerprint density at radius 2 is 1.83 bits per heavy atom. The largest absolute Gasteiger partial charge is 0.354 e. The Hall–Kier alpha value is -2.34. The van der Waals surface area contributed by atoms with Crippen LogP contribution in [-0.2, 0) is 20.1 Å². The number of aromatic nitrogens is 2. The molecule has 2 unspecified atom stereocenters. The third-order valence-corrected chi connectivity index (χ3v) is 6.75. The fourth-order valence-electron chi connectivity index (χ4n) is 5.08. The Labute approximate surface area is 174 Å². The molecule has 0 aliphatic carbocycles. The predicted molar refractivity (Wildman–Crippen MR) is 118 cm³/mol. The van der Waals surface area contributed by atoms with Crippen molar-refractivity contribution in [1.29, 1.82) is 0 Å². The van der Waals surface area contributed by atoms with Crippen LogP contribution in [0.25, 0.3) is 0 Å². The average molecular weight is 395 g/mol. The first-order valence-electron chi connectivity index (χ1n) is 10.8. The molecule has 1 aromatic heterocycles. The molecule has 156 valence electrons. The second-order valence-corrected chi connectivity index (χ2v) is 8.55. The Balaban J connectivity index is 1.33. The average Bonchev–Trinajstić information content (AvgIpc) is 3.09. The van der Waals surface area contributed by atoms with E-state index in [4.69, 9.17) is 0 Å². The van der Waals surface area contributed by atoms with Crippen LogP contribution in [0.3, 0.4) is 0 Å². The second-order valence-electron chi connectivity index (χ2n) is 8.55. The van der Waals surface area contributed by atoms with Gasteiger partial charge in [0.1, 0.15) is 0 Å². The molecule has 29 heavy (non-hydrogen) atoms. The number of fused-ring (bicyclic) bond motifs is 2. The molecule has 0 spiro atoms. The molecule has 2 aliphatic rings. The number of hydrogen-bond donors (Lipinski definition) is 2. The van der Waals surface area contributed by atoms with Crippen molar-refractivity contribution in [1.82, 2.24) is 25.3 Å². The maximum absolute atomic E-state index is 4.51. The maximum Gasteiger partial charge on any atom is 0.191 e. The lowest BCUT2D eigenvalue weighted by Crippen LogP contribution is -2.52. The summed E-state index contributed by atoms with van der Waals surface area (Å²) < 4.78 is 1.95. The molecule has 6 heteroatoms. The highest BCUT2D eigenvalue weighted by atomic mass is 15.3. The predicted octanol–water partition coefficient (Wildman–Crippen LogP) is 2.90. The van der Waals surface area contributed by atoms with Crippen LogP contribution in [0.1, 0.15) is 48.2 Å². The van der Waals surface area contributed by atoms with Crippen LogP contribution >= 0.6 is 0 Å². The minimum absolute atomic E-state index is 0.488. The highest BCUT2D eigenvalue weighted by Gasteiger charge is 2.40. The van der Waals surface area contributed by atoms with Gasteiger partial charge in [-0.15, -0.1) is 0 Å². The van der Waals surface area contributed by atoms with Gasteiger partial charge < -0.3 is 10.6 Å². The SMILES string of the molecule is CN=C(NCc1c(C)nn(C)c1C)NC1CC2CCC(C1)N2Cc1ccccc1. The molecular weight excluding hydrogens is 360 g/mol.